The van der Waals surface area contributed by atoms with Crippen molar-refractivity contribution in [1.82, 2.24) is 9.55 Å². The van der Waals surface area contributed by atoms with Gasteiger partial charge in [-0.15, -0.1) is 0 Å². The third-order valence-corrected chi connectivity index (χ3v) is 6.21. The Kier molecular flexibility index (Phi) is 7.39. The Labute approximate surface area is 205 Å². The Morgan fingerprint density at radius 2 is 1.83 bits per heavy atom. The van der Waals surface area contributed by atoms with Crippen LogP contribution in [0.25, 0.3) is 0 Å². The zero-order valence-electron chi connectivity index (χ0n) is 20.6. The number of pyridine rings is 1. The molecule has 184 valence electrons. The van der Waals surface area contributed by atoms with Gasteiger partial charge in [0.1, 0.15) is 5.82 Å². The predicted molar refractivity (Wildman–Crippen MR) is 133 cm³/mol. The van der Waals surface area contributed by atoms with Gasteiger partial charge in [0.15, 0.2) is 18.1 Å². The van der Waals surface area contributed by atoms with Gasteiger partial charge in [-0.2, -0.15) is 0 Å². The van der Waals surface area contributed by atoms with Crippen molar-refractivity contribution < 1.29 is 23.8 Å². The van der Waals surface area contributed by atoms with Crippen molar-refractivity contribution in [2.75, 3.05) is 26.1 Å². The highest BCUT2D eigenvalue weighted by Gasteiger charge is 2.22. The van der Waals surface area contributed by atoms with E-state index in [1.807, 2.05) is 38.1 Å². The molecular weight excluding hydrogens is 446 g/mol. The maximum Gasteiger partial charge on any atom is 0.340 e. The summed E-state index contributed by atoms with van der Waals surface area (Å²) < 4.78 is 18.1. The second kappa shape index (κ2) is 10.6. The van der Waals surface area contributed by atoms with Gasteiger partial charge in [-0.25, -0.2) is 9.78 Å². The zero-order valence-corrected chi connectivity index (χ0v) is 20.6. The van der Waals surface area contributed by atoms with Crippen LogP contribution in [0.4, 0.5) is 5.82 Å². The molecule has 0 saturated heterocycles. The van der Waals surface area contributed by atoms with E-state index in [2.05, 4.69) is 14.9 Å². The molecule has 0 unspecified atom stereocenters. The molecular formula is C27H31N3O5. The Bertz CT molecular complexity index is 1210. The SMILES string of the molecule is COc1ccc(CCn2c(C)cc(C(=O)COC(=O)c3ccc(NC4CC4)nc3)c2C)cc1OC. The molecule has 1 N–H and O–H groups in total. The largest absolute Gasteiger partial charge is 0.493 e. The highest BCUT2D eigenvalue weighted by atomic mass is 16.5. The minimum absolute atomic E-state index is 0.233. The number of aryl methyl sites for hydroxylation is 2. The van der Waals surface area contributed by atoms with Gasteiger partial charge >= 0.3 is 5.97 Å². The van der Waals surface area contributed by atoms with Crippen LogP contribution in [0.2, 0.25) is 0 Å². The van der Waals surface area contributed by atoms with Crippen LogP contribution in [0.1, 0.15) is 50.5 Å². The van der Waals surface area contributed by atoms with E-state index in [1.54, 1.807) is 26.4 Å². The van der Waals surface area contributed by atoms with Gasteiger partial charge in [0.05, 0.1) is 19.8 Å². The van der Waals surface area contributed by atoms with Gasteiger partial charge in [-0.05, 0) is 69.0 Å². The molecule has 2 aromatic heterocycles. The molecule has 0 atom stereocenters. The number of nitrogens with zero attached hydrogens (tertiary/aromatic N) is 2. The number of carbonyl (C=O) groups is 2. The topological polar surface area (TPSA) is 91.7 Å². The Hall–Kier alpha value is -3.81. The van der Waals surface area contributed by atoms with Gasteiger partial charge < -0.3 is 24.1 Å². The molecule has 0 spiro atoms. The summed E-state index contributed by atoms with van der Waals surface area (Å²) in [7, 11) is 3.23. The number of ketones is 1. The number of hydrogen-bond acceptors (Lipinski definition) is 7. The van der Waals surface area contributed by atoms with E-state index in [4.69, 9.17) is 14.2 Å². The summed E-state index contributed by atoms with van der Waals surface area (Å²) >= 11 is 0. The minimum atomic E-state index is -0.564. The first-order valence-corrected chi connectivity index (χ1v) is 11.7. The average molecular weight is 478 g/mol. The van der Waals surface area contributed by atoms with Crippen molar-refractivity contribution in [3.63, 3.8) is 0 Å². The fourth-order valence-corrected chi connectivity index (χ4v) is 4.03. The summed E-state index contributed by atoms with van der Waals surface area (Å²) in [4.78, 5) is 29.5. The van der Waals surface area contributed by atoms with Crippen molar-refractivity contribution >= 4 is 17.6 Å². The number of Topliss-reactive ketones (excluding diaryl/α,β-unsaturated/α-hetero) is 1. The Morgan fingerprint density at radius 1 is 1.06 bits per heavy atom. The molecule has 1 fully saturated rings. The number of carbonyl (C=O) groups excluding carboxylic acids is 2. The summed E-state index contributed by atoms with van der Waals surface area (Å²) in [5, 5.41) is 3.27. The first-order valence-electron chi connectivity index (χ1n) is 11.7. The van der Waals surface area contributed by atoms with Gasteiger partial charge in [0, 0.05) is 35.7 Å². The summed E-state index contributed by atoms with van der Waals surface area (Å²) in [6.07, 6.45) is 4.52. The lowest BCUT2D eigenvalue weighted by Crippen LogP contribution is -2.15. The van der Waals surface area contributed by atoms with Crippen molar-refractivity contribution in [2.45, 2.75) is 45.7 Å². The van der Waals surface area contributed by atoms with Crippen LogP contribution in [0, 0.1) is 13.8 Å². The number of aromatic nitrogens is 2. The molecule has 1 aliphatic rings. The van der Waals surface area contributed by atoms with E-state index in [1.165, 1.54) is 6.20 Å². The van der Waals surface area contributed by atoms with Gasteiger partial charge in [0.2, 0.25) is 5.78 Å². The average Bonchev–Trinajstić information content (AvgIpc) is 3.64. The molecule has 2 heterocycles. The number of hydrogen-bond donors (Lipinski definition) is 1. The molecule has 1 aromatic carbocycles. The fraction of sp³-hybridized carbons (Fsp3) is 0.370. The van der Waals surface area contributed by atoms with E-state index in [0.717, 1.165) is 42.0 Å². The smallest absolute Gasteiger partial charge is 0.340 e. The number of anilines is 1. The van der Waals surface area contributed by atoms with E-state index in [9.17, 15) is 9.59 Å². The van der Waals surface area contributed by atoms with E-state index in [-0.39, 0.29) is 12.4 Å². The monoisotopic (exact) mass is 477 g/mol. The second-order valence-electron chi connectivity index (χ2n) is 8.73. The molecule has 3 aromatic rings. The molecule has 1 saturated carbocycles. The number of methoxy groups -OCH3 is 2. The van der Waals surface area contributed by atoms with Crippen molar-refractivity contribution in [3.8, 4) is 11.5 Å². The van der Waals surface area contributed by atoms with Crippen LogP contribution in [0.3, 0.4) is 0 Å². The van der Waals surface area contributed by atoms with Gasteiger partial charge in [-0.3, -0.25) is 4.79 Å². The Morgan fingerprint density at radius 3 is 2.49 bits per heavy atom. The van der Waals surface area contributed by atoms with Crippen LogP contribution >= 0.6 is 0 Å². The Balaban J connectivity index is 1.35. The van der Waals surface area contributed by atoms with Crippen molar-refractivity contribution in [2.24, 2.45) is 0 Å². The number of ether oxygens (including phenoxy) is 3. The summed E-state index contributed by atoms with van der Waals surface area (Å²) in [5.41, 5.74) is 3.80. The molecule has 0 radical (unpaired) electrons. The molecule has 1 aliphatic carbocycles. The molecule has 0 bridgehead atoms. The fourth-order valence-electron chi connectivity index (χ4n) is 4.03. The van der Waals surface area contributed by atoms with Crippen LogP contribution in [-0.4, -0.2) is 48.2 Å². The minimum Gasteiger partial charge on any atom is -0.493 e. The molecule has 8 heteroatoms. The standard InChI is InChI=1S/C27H31N3O5/c1-17-13-22(18(2)30(17)12-11-19-5-9-24(33-3)25(14-19)34-4)23(31)16-35-27(32)20-6-10-26(28-15-20)29-21-7-8-21/h5-6,9-10,13-15,21H,7-8,11-12,16H2,1-4H3,(H,28,29). The van der Waals surface area contributed by atoms with Gasteiger partial charge in [0.25, 0.3) is 0 Å². The molecule has 35 heavy (non-hydrogen) atoms. The van der Waals surface area contributed by atoms with E-state index < -0.39 is 5.97 Å². The zero-order chi connectivity index (χ0) is 24.9. The van der Waals surface area contributed by atoms with Crippen LogP contribution in [-0.2, 0) is 17.7 Å². The summed E-state index contributed by atoms with van der Waals surface area (Å²) in [6.45, 7) is 4.26. The summed E-state index contributed by atoms with van der Waals surface area (Å²) in [6, 6.07) is 11.6. The lowest BCUT2D eigenvalue weighted by Gasteiger charge is -2.12. The van der Waals surface area contributed by atoms with Gasteiger partial charge in [-0.1, -0.05) is 6.07 Å². The first kappa shape index (κ1) is 24.3. The molecule has 0 aliphatic heterocycles. The molecule has 4 rings (SSSR count). The first-order chi connectivity index (χ1) is 16.9. The number of esters is 1. The molecule has 0 amide bonds. The van der Waals surface area contributed by atoms with Crippen molar-refractivity contribution in [3.05, 3.63) is 70.7 Å². The van der Waals surface area contributed by atoms with E-state index in [0.29, 0.717) is 35.2 Å². The van der Waals surface area contributed by atoms with Crippen LogP contribution in [0.5, 0.6) is 11.5 Å². The van der Waals surface area contributed by atoms with E-state index >= 15 is 0 Å². The third-order valence-electron chi connectivity index (χ3n) is 6.21. The highest BCUT2D eigenvalue weighted by molar-refractivity contribution is 6.00. The van der Waals surface area contributed by atoms with Crippen LogP contribution < -0.4 is 14.8 Å². The normalized spacial score (nSPS) is 12.8. The predicted octanol–water partition coefficient (Wildman–Crippen LogP) is 4.37. The number of rotatable bonds is 11. The third kappa shape index (κ3) is 5.82. The number of nitrogens with one attached hydrogen (secondary N) is 1. The second-order valence-corrected chi connectivity index (χ2v) is 8.73. The van der Waals surface area contributed by atoms with Crippen LogP contribution in [0.15, 0.2) is 42.6 Å². The highest BCUT2D eigenvalue weighted by Crippen LogP contribution is 2.28. The maximum absolute atomic E-state index is 12.8. The summed E-state index contributed by atoms with van der Waals surface area (Å²) in [5.74, 6) is 1.32. The van der Waals surface area contributed by atoms with Crippen molar-refractivity contribution in [1.29, 1.82) is 0 Å². The maximum atomic E-state index is 12.8. The quantitative estimate of drug-likeness (QED) is 0.324. The molecule has 8 nitrogen and oxygen atoms in total. The number of benzene rings is 1. The lowest BCUT2D eigenvalue weighted by molar-refractivity contribution is 0.0474. The lowest BCUT2D eigenvalue weighted by atomic mass is 10.1.